The Morgan fingerprint density at radius 1 is 1.10 bits per heavy atom. The minimum absolute atomic E-state index is 0.375. The number of nitrogens with zero attached hydrogens (tertiary/aromatic N) is 1. The van der Waals surface area contributed by atoms with E-state index < -0.39 is 0 Å². The van der Waals surface area contributed by atoms with E-state index in [0.29, 0.717) is 0 Å². The minimum Gasteiger partial charge on any atom is -0.388 e. The Bertz CT molecular complexity index is 591. The Morgan fingerprint density at radius 3 is 2.67 bits per heavy atom. The van der Waals surface area contributed by atoms with Crippen LogP contribution in [0.1, 0.15) is 35.6 Å². The van der Waals surface area contributed by atoms with E-state index in [4.69, 9.17) is 0 Å². The maximum atomic E-state index is 10.4. The number of hydrogen-bond donors (Lipinski definition) is 1. The van der Waals surface area contributed by atoms with Crippen LogP contribution in [0.25, 0.3) is 0 Å². The van der Waals surface area contributed by atoms with Crippen LogP contribution in [0.4, 0.5) is 5.69 Å². The summed E-state index contributed by atoms with van der Waals surface area (Å²) in [7, 11) is 0. The summed E-state index contributed by atoms with van der Waals surface area (Å²) in [6, 6.07) is 16.8. The first-order valence-electron chi connectivity index (χ1n) is 7.81. The van der Waals surface area contributed by atoms with Crippen LogP contribution in [0.15, 0.2) is 48.5 Å². The molecule has 0 aliphatic carbocycles. The van der Waals surface area contributed by atoms with Gasteiger partial charge in [0, 0.05) is 18.8 Å². The Hall–Kier alpha value is -1.80. The van der Waals surface area contributed by atoms with Crippen LogP contribution in [0.5, 0.6) is 0 Å². The number of hydrogen-bond acceptors (Lipinski definition) is 2. The molecule has 0 radical (unpaired) electrons. The molecule has 0 spiro atoms. The number of para-hydroxylation sites is 1. The van der Waals surface area contributed by atoms with Gasteiger partial charge in [0.2, 0.25) is 0 Å². The van der Waals surface area contributed by atoms with Crippen LogP contribution in [-0.4, -0.2) is 18.2 Å². The van der Waals surface area contributed by atoms with Crippen LogP contribution in [0.3, 0.4) is 0 Å². The molecule has 2 aromatic rings. The van der Waals surface area contributed by atoms with Gasteiger partial charge in [0.15, 0.2) is 0 Å². The summed E-state index contributed by atoms with van der Waals surface area (Å²) in [5.74, 6) is 0. The molecule has 1 heterocycles. The summed E-state index contributed by atoms with van der Waals surface area (Å²) in [4.78, 5) is 2.41. The van der Waals surface area contributed by atoms with Gasteiger partial charge in [0.05, 0.1) is 6.10 Å². The van der Waals surface area contributed by atoms with E-state index in [-0.39, 0.29) is 6.10 Å². The Balaban J connectivity index is 1.64. The minimum atomic E-state index is -0.375. The van der Waals surface area contributed by atoms with Crippen LogP contribution < -0.4 is 4.90 Å². The third kappa shape index (κ3) is 3.27. The predicted molar refractivity (Wildman–Crippen MR) is 87.7 cm³/mol. The molecule has 21 heavy (non-hydrogen) atoms. The quantitative estimate of drug-likeness (QED) is 0.919. The van der Waals surface area contributed by atoms with Crippen molar-refractivity contribution < 1.29 is 5.11 Å². The van der Waals surface area contributed by atoms with Gasteiger partial charge in [-0.2, -0.15) is 0 Å². The van der Waals surface area contributed by atoms with E-state index in [1.54, 1.807) is 0 Å². The highest BCUT2D eigenvalue weighted by Gasteiger charge is 2.17. The molecule has 2 heteroatoms. The lowest BCUT2D eigenvalue weighted by Gasteiger charge is -2.32. The topological polar surface area (TPSA) is 23.5 Å². The number of benzene rings is 2. The lowest BCUT2D eigenvalue weighted by atomic mass is 10.0. The summed E-state index contributed by atoms with van der Waals surface area (Å²) in [6.45, 7) is 4.07. The van der Waals surface area contributed by atoms with E-state index >= 15 is 0 Å². The first kappa shape index (κ1) is 14.2. The molecular weight excluding hydrogens is 258 g/mol. The Labute approximate surface area is 127 Å². The monoisotopic (exact) mass is 281 g/mol. The fraction of sp³-hybridized carbons (Fsp3) is 0.368. The molecule has 0 saturated heterocycles. The average molecular weight is 281 g/mol. The zero-order chi connectivity index (χ0) is 14.7. The molecule has 1 N–H and O–H groups in total. The van der Waals surface area contributed by atoms with Gasteiger partial charge < -0.3 is 10.0 Å². The normalized spacial score (nSPS) is 15.6. The van der Waals surface area contributed by atoms with E-state index in [9.17, 15) is 5.11 Å². The number of rotatable bonds is 4. The van der Waals surface area contributed by atoms with Crippen molar-refractivity contribution in [1.29, 1.82) is 0 Å². The van der Waals surface area contributed by atoms with Gasteiger partial charge in [-0.15, -0.1) is 0 Å². The molecule has 0 fully saturated rings. The summed E-state index contributed by atoms with van der Waals surface area (Å²) >= 11 is 0. The SMILES string of the molecule is Cc1ccc(C(O)CCN2CCCc3ccccc32)cc1. The summed E-state index contributed by atoms with van der Waals surface area (Å²) in [5.41, 5.74) is 5.04. The van der Waals surface area contributed by atoms with Gasteiger partial charge in [-0.3, -0.25) is 0 Å². The van der Waals surface area contributed by atoms with E-state index in [2.05, 4.69) is 48.2 Å². The van der Waals surface area contributed by atoms with Gasteiger partial charge >= 0.3 is 0 Å². The largest absolute Gasteiger partial charge is 0.388 e. The molecule has 2 aromatic carbocycles. The Kier molecular flexibility index (Phi) is 4.26. The van der Waals surface area contributed by atoms with Crippen molar-refractivity contribution in [3.63, 3.8) is 0 Å². The zero-order valence-electron chi connectivity index (χ0n) is 12.6. The molecule has 0 aromatic heterocycles. The van der Waals surface area contributed by atoms with Crippen molar-refractivity contribution in [2.24, 2.45) is 0 Å². The second-order valence-electron chi connectivity index (χ2n) is 5.93. The molecule has 1 unspecified atom stereocenters. The molecule has 2 nitrogen and oxygen atoms in total. The standard InChI is InChI=1S/C19H23NO/c1-15-8-10-17(11-9-15)19(21)12-14-20-13-4-6-16-5-2-3-7-18(16)20/h2-3,5,7-11,19,21H,4,6,12-14H2,1H3. The second-order valence-corrected chi connectivity index (χ2v) is 5.93. The van der Waals surface area contributed by atoms with Crippen LogP contribution in [0, 0.1) is 6.92 Å². The summed E-state index contributed by atoms with van der Waals surface area (Å²) in [6.07, 6.45) is 2.78. The summed E-state index contributed by atoms with van der Waals surface area (Å²) in [5, 5.41) is 10.4. The smallest absolute Gasteiger partial charge is 0.0806 e. The predicted octanol–water partition coefficient (Wildman–Crippen LogP) is 3.87. The van der Waals surface area contributed by atoms with Gasteiger partial charge in [-0.25, -0.2) is 0 Å². The highest BCUT2D eigenvalue weighted by molar-refractivity contribution is 5.55. The van der Waals surface area contributed by atoms with Gasteiger partial charge in [-0.05, 0) is 43.4 Å². The molecule has 1 atom stereocenters. The zero-order valence-corrected chi connectivity index (χ0v) is 12.6. The fourth-order valence-corrected chi connectivity index (χ4v) is 3.08. The number of aliphatic hydroxyl groups is 1. The number of fused-ring (bicyclic) bond motifs is 1. The average Bonchev–Trinajstić information content (AvgIpc) is 2.53. The molecular formula is C19H23NO. The third-order valence-corrected chi connectivity index (χ3v) is 4.34. The molecule has 110 valence electrons. The van der Waals surface area contributed by atoms with Gasteiger partial charge in [-0.1, -0.05) is 48.0 Å². The van der Waals surface area contributed by atoms with Crippen LogP contribution in [0.2, 0.25) is 0 Å². The lowest BCUT2D eigenvalue weighted by Crippen LogP contribution is -2.31. The first-order valence-corrected chi connectivity index (χ1v) is 7.81. The van der Waals surface area contributed by atoms with Crippen LogP contribution in [-0.2, 0) is 6.42 Å². The van der Waals surface area contributed by atoms with Crippen molar-refractivity contribution in [2.45, 2.75) is 32.3 Å². The third-order valence-electron chi connectivity index (χ3n) is 4.34. The Morgan fingerprint density at radius 2 is 1.86 bits per heavy atom. The van der Waals surface area contributed by atoms with E-state index in [0.717, 1.165) is 25.1 Å². The molecule has 0 amide bonds. The number of aryl methyl sites for hydroxylation is 2. The molecule has 0 saturated carbocycles. The first-order chi connectivity index (χ1) is 10.2. The van der Waals surface area contributed by atoms with E-state index in [1.165, 1.54) is 29.7 Å². The van der Waals surface area contributed by atoms with E-state index in [1.807, 2.05) is 12.1 Å². The van der Waals surface area contributed by atoms with Gasteiger partial charge in [0.1, 0.15) is 0 Å². The van der Waals surface area contributed by atoms with Crippen molar-refractivity contribution in [1.82, 2.24) is 0 Å². The molecule has 3 rings (SSSR count). The van der Waals surface area contributed by atoms with Crippen molar-refractivity contribution in [2.75, 3.05) is 18.0 Å². The van der Waals surface area contributed by atoms with Gasteiger partial charge in [0.25, 0.3) is 0 Å². The fourth-order valence-electron chi connectivity index (χ4n) is 3.08. The van der Waals surface area contributed by atoms with Crippen molar-refractivity contribution in [3.8, 4) is 0 Å². The van der Waals surface area contributed by atoms with Crippen LogP contribution >= 0.6 is 0 Å². The second kappa shape index (κ2) is 6.31. The molecule has 1 aliphatic heterocycles. The summed E-state index contributed by atoms with van der Waals surface area (Å²) < 4.78 is 0. The maximum absolute atomic E-state index is 10.4. The lowest BCUT2D eigenvalue weighted by molar-refractivity contribution is 0.169. The number of anilines is 1. The maximum Gasteiger partial charge on any atom is 0.0806 e. The molecule has 0 bridgehead atoms. The highest BCUT2D eigenvalue weighted by atomic mass is 16.3. The van der Waals surface area contributed by atoms with Crippen molar-refractivity contribution >= 4 is 5.69 Å². The number of aliphatic hydroxyl groups excluding tert-OH is 1. The van der Waals surface area contributed by atoms with Crippen molar-refractivity contribution in [3.05, 3.63) is 65.2 Å². The molecule has 1 aliphatic rings. The highest BCUT2D eigenvalue weighted by Crippen LogP contribution is 2.28.